The van der Waals surface area contributed by atoms with Gasteiger partial charge in [-0.2, -0.15) is 15.0 Å². The van der Waals surface area contributed by atoms with Crippen LogP contribution in [0.3, 0.4) is 0 Å². The summed E-state index contributed by atoms with van der Waals surface area (Å²) >= 11 is 0. The average molecular weight is 2220 g/mol. The van der Waals surface area contributed by atoms with Gasteiger partial charge in [0.1, 0.15) is 129 Å². The highest BCUT2D eigenvalue weighted by Crippen LogP contribution is 2.58. The molecule has 0 amide bonds. The number of imidazole rings is 3. The molecule has 17 rings (SSSR count). The Morgan fingerprint density at radius 3 is 0.830 bits per heavy atom. The zero-order valence-electron chi connectivity index (χ0n) is 75.2. The van der Waals surface area contributed by atoms with Crippen molar-refractivity contribution < 1.29 is 173 Å². The molecule has 147 heavy (non-hydrogen) atoms. The van der Waals surface area contributed by atoms with Crippen molar-refractivity contribution in [2.24, 2.45) is 0 Å². The molecule has 78 heteroatoms. The third-order valence-electron chi connectivity index (χ3n) is 23.6. The number of aliphatic hydroxyl groups excluding tert-OH is 2. The lowest BCUT2D eigenvalue weighted by Crippen LogP contribution is -2.37. The fourth-order valence-electron chi connectivity index (χ4n) is 16.8. The van der Waals surface area contributed by atoms with Gasteiger partial charge >= 0.3 is 77.5 Å². The molecule has 7 saturated heterocycles. The fraction of sp³-hybridized carbons (Fsp3) is 0.551. The Morgan fingerprint density at radius 1 is 0.327 bits per heavy atom. The number of hydrogen-bond donors (Lipinski definition) is 20. The van der Waals surface area contributed by atoms with Crippen molar-refractivity contribution in [3.05, 3.63) is 181 Å². The monoisotopic (exact) mass is 2220 g/mol. The van der Waals surface area contributed by atoms with Crippen LogP contribution in [-0.2, 0) is 124 Å². The molecule has 17 heterocycles. The number of nitrogens with two attached hydrogens (primary N) is 3. The molecule has 0 saturated carbocycles. The number of phosphoric acid groups is 7. The highest BCUT2D eigenvalue weighted by molar-refractivity contribution is 7.49. The summed E-state index contributed by atoms with van der Waals surface area (Å²) in [4.78, 5) is 268. The fourth-order valence-corrected chi connectivity index (χ4v) is 22.9. The zero-order chi connectivity index (χ0) is 106. The molecule has 0 bridgehead atoms. The van der Waals surface area contributed by atoms with Crippen molar-refractivity contribution in [2.75, 3.05) is 63.4 Å². The number of nitrogens with one attached hydrogen (secondary N) is 7. The van der Waals surface area contributed by atoms with Gasteiger partial charge in [-0.15, -0.1) is 0 Å². The van der Waals surface area contributed by atoms with Gasteiger partial charge in [0, 0.05) is 86.1 Å². The summed E-state index contributed by atoms with van der Waals surface area (Å²) in [5, 5.41) is 21.7. The number of fused-ring (bicyclic) bond motifs is 3. The summed E-state index contributed by atoms with van der Waals surface area (Å²) in [5.74, 6) is -1.33. The van der Waals surface area contributed by atoms with Crippen molar-refractivity contribution >= 4 is 106 Å². The second kappa shape index (κ2) is 42.1. The first-order chi connectivity index (χ1) is 69.0. The number of aromatic amines is 7. The minimum absolute atomic E-state index is 0.0192. The predicted molar refractivity (Wildman–Crippen MR) is 476 cm³/mol. The van der Waals surface area contributed by atoms with E-state index in [0.717, 1.165) is 77.2 Å². The SMILES string of the molecule is Cc1cn(C2CC(OP(=O)(O)OCC3OC(n4cnc5c(=O)[nH]c(N)nc54)CC3OP(=O)(O)OCC3OC(n4cc(C)c(=O)[nH]c4=O)CC3OP(=O)(O)OCC3OC(n4cnc5c(=O)[nH]c(N)nc54)CC3OP(=O)(O)OCC3OC(n4cc(C)c(=O)[nH]c4=O)CC3OP(=O)(O)OCC3OC(n4cnc5c(=O)[nH]c(N)nc54)CC3OP(=O)(O)OCC3OC(n4ccc(=O)[nH]c4=O)C(O)C3O)C(COP(=O)(O)O)O2)c(=O)[nH]c1=O. The molecule has 23 N–H and O–H groups in total. The van der Waals surface area contributed by atoms with Crippen molar-refractivity contribution in [1.82, 2.24) is 96.8 Å². The van der Waals surface area contributed by atoms with Gasteiger partial charge in [0.05, 0.1) is 65.2 Å². The first-order valence-electron chi connectivity index (χ1n) is 43.1. The van der Waals surface area contributed by atoms with E-state index < -0.39 is 354 Å². The number of phosphoric ester groups is 7. The van der Waals surface area contributed by atoms with Crippen LogP contribution >= 0.6 is 54.8 Å². The molecule has 71 nitrogen and oxygen atoms in total. The van der Waals surface area contributed by atoms with Gasteiger partial charge in [-0.1, -0.05) is 0 Å². The van der Waals surface area contributed by atoms with Gasteiger partial charge in [-0.3, -0.25) is 159 Å². The number of aryl methyl sites for hydroxylation is 3. The molecule has 7 aliphatic heterocycles. The summed E-state index contributed by atoms with van der Waals surface area (Å²) in [6.45, 7) is -4.38. The molecule has 10 aromatic rings. The van der Waals surface area contributed by atoms with Gasteiger partial charge < -0.3 is 99.7 Å². The zero-order valence-corrected chi connectivity index (χ0v) is 81.4. The maximum atomic E-state index is 14.7. The highest BCUT2D eigenvalue weighted by Gasteiger charge is 2.54. The van der Waals surface area contributed by atoms with Crippen molar-refractivity contribution in [3.63, 3.8) is 0 Å². The van der Waals surface area contributed by atoms with Crippen molar-refractivity contribution in [2.45, 2.75) is 194 Å². The van der Waals surface area contributed by atoms with Crippen LogP contribution in [0.25, 0.3) is 33.5 Å². The van der Waals surface area contributed by atoms with Gasteiger partial charge in [-0.25, -0.2) is 66.1 Å². The summed E-state index contributed by atoms with van der Waals surface area (Å²) in [6, 6.07) is 0.893. The molecule has 802 valence electrons. The summed E-state index contributed by atoms with van der Waals surface area (Å²) in [5.41, 5.74) is 5.21. The second-order valence-electron chi connectivity index (χ2n) is 33.8. The molecule has 7 aliphatic rings. The third-order valence-corrected chi connectivity index (χ3v) is 30.2. The van der Waals surface area contributed by atoms with E-state index in [4.69, 9.17) is 105 Å². The van der Waals surface area contributed by atoms with Crippen LogP contribution in [0, 0.1) is 20.8 Å². The Kier molecular flexibility index (Phi) is 30.9. The van der Waals surface area contributed by atoms with Gasteiger partial charge in [0.2, 0.25) is 17.8 Å². The van der Waals surface area contributed by atoms with Crippen LogP contribution in [-0.4, -0.2) is 284 Å². The average Bonchev–Trinajstić information content (AvgIpc) is 1.63. The van der Waals surface area contributed by atoms with Crippen LogP contribution in [0.4, 0.5) is 17.8 Å². The number of aliphatic hydroxyl groups is 2. The molecular formula is C69H88N23O48P7. The molecule has 0 aromatic carbocycles. The van der Waals surface area contributed by atoms with Crippen LogP contribution in [0.2, 0.25) is 0 Å². The van der Waals surface area contributed by atoms with Crippen LogP contribution in [0.1, 0.15) is 98.8 Å². The quantitative estimate of drug-likeness (QED) is 0.0160. The van der Waals surface area contributed by atoms with Crippen molar-refractivity contribution in [3.8, 4) is 0 Å². The number of H-pyrrole nitrogens is 7. The molecule has 28 atom stereocenters. The van der Waals surface area contributed by atoms with Crippen LogP contribution < -0.4 is 78.9 Å². The Hall–Kier alpha value is -10.4. The predicted octanol–water partition coefficient (Wildman–Crippen LogP) is -5.27. The van der Waals surface area contributed by atoms with E-state index >= 15 is 0 Å². The van der Waals surface area contributed by atoms with E-state index in [9.17, 15) is 134 Å². The first kappa shape index (κ1) is 108. The maximum absolute atomic E-state index is 14.7. The minimum atomic E-state index is -5.82. The Labute approximate surface area is 811 Å². The standard InChI is InChI=1S/C69H88N23O48P7/c1-25-12-87(67(103)83-56(25)96)42-6-28(34(128-42)15-121-141(106,107)108)135-142(109,110)124-18-37-31(9-45(131-37)90-22-73-48-53(90)77-63(70)80-59(48)99)138-145(115,116)122-16-35-29(7-43(129-35)88-13-26(2)57(97)84-68(88)104)136-143(111,112)125-19-38-32(10-46(132-38)91-23-74-49-54(91)78-64(71)81-60(49)100)139-146(117,118)123-17-36-30(8-44(130-36)89-14-27(3)58(98)85-69(89)105)137-144(113,114)126-20-39-33(11-47(133-39)92-24-75-50-55(92)79-65(72)82-61(50)101)140-147(119,120)127-21-40-51(94)52(95)62(134-40)86-5-4-41(93)76-66(86)102/h4-5,12-14,22-24,28-40,42-47,51-52,62,94-95H,6-11,15-21H2,1-3H3,(H,109,110)(H,111,112)(H,113,114)(H,115,116)(H,117,118)(H,119,120)(H,76,93,102)(H,83,96,103)(H,84,97,104)(H,85,98,105)(H2,106,107,108)(H3,70,77,80,99)(H3,71,78,81,100)(H3,72,79,82,101). The molecular weight excluding hydrogens is 2140 g/mol. The van der Waals surface area contributed by atoms with Crippen molar-refractivity contribution in [1.29, 1.82) is 0 Å². The lowest BCUT2D eigenvalue weighted by atomic mass is 10.1. The molecule has 0 radical (unpaired) electrons. The number of rotatable bonds is 40. The lowest BCUT2D eigenvalue weighted by Gasteiger charge is -2.26. The van der Waals surface area contributed by atoms with E-state index in [1.807, 2.05) is 19.9 Å². The summed E-state index contributed by atoms with van der Waals surface area (Å²) < 4.78 is 217. The Morgan fingerprint density at radius 2 is 0.571 bits per heavy atom. The number of anilines is 3. The topological polar surface area (TPSA) is 995 Å². The normalized spacial score (nSPS) is 29.5. The summed E-state index contributed by atoms with van der Waals surface area (Å²) in [7, 11) is -39.5. The van der Waals surface area contributed by atoms with E-state index in [2.05, 4.69) is 49.4 Å². The largest absolute Gasteiger partial charge is 0.472 e. The van der Waals surface area contributed by atoms with E-state index in [1.54, 1.807) is 0 Å². The molecule has 0 aliphatic carbocycles. The van der Waals surface area contributed by atoms with Gasteiger partial charge in [0.25, 0.3) is 38.9 Å². The molecule has 10 aromatic heterocycles. The number of nitrogens with zero attached hydrogens (tertiary/aromatic N) is 13. The van der Waals surface area contributed by atoms with Crippen LogP contribution in [0.15, 0.2) is 103 Å². The van der Waals surface area contributed by atoms with Crippen LogP contribution in [0.5, 0.6) is 0 Å². The minimum Gasteiger partial charge on any atom is -0.387 e. The Bertz CT molecular complexity index is 7800. The molecule has 7 fully saturated rings. The second-order valence-corrected chi connectivity index (χ2v) is 43.4. The molecule has 0 spiro atoms. The van der Waals surface area contributed by atoms with E-state index in [1.165, 1.54) is 20.8 Å². The molecule has 28 unspecified atom stereocenters. The number of aromatic nitrogens is 20. The summed E-state index contributed by atoms with van der Waals surface area (Å²) in [6.07, 6.45) is -35.5. The Balaban J connectivity index is 0.590. The van der Waals surface area contributed by atoms with Gasteiger partial charge in [0.15, 0.2) is 39.7 Å². The van der Waals surface area contributed by atoms with Gasteiger partial charge in [-0.05, 0) is 20.8 Å². The third kappa shape index (κ3) is 24.6. The first-order valence-corrected chi connectivity index (χ1v) is 53.6. The number of ether oxygens (including phenoxy) is 7. The smallest absolute Gasteiger partial charge is 0.387 e. The number of nitrogen functional groups attached to an aromatic ring is 3. The maximum Gasteiger partial charge on any atom is 0.472 e. The van der Waals surface area contributed by atoms with E-state index in [0.29, 0.717) is 4.57 Å². The van der Waals surface area contributed by atoms with E-state index in [-0.39, 0.29) is 50.2 Å². The highest BCUT2D eigenvalue weighted by atomic mass is 31.2. The number of hydrogen-bond acceptors (Lipinski definition) is 49. The lowest BCUT2D eigenvalue weighted by molar-refractivity contribution is -0.0656.